The molecule has 0 unspecified atom stereocenters. The summed E-state index contributed by atoms with van der Waals surface area (Å²) in [7, 11) is 0. The van der Waals surface area contributed by atoms with E-state index in [-0.39, 0.29) is 0 Å². The lowest BCUT2D eigenvalue weighted by atomic mass is 9.97. The van der Waals surface area contributed by atoms with E-state index in [9.17, 15) is 9.59 Å². The van der Waals surface area contributed by atoms with E-state index in [1.165, 1.54) is 6.08 Å². The molecule has 0 aliphatic heterocycles. The fourth-order valence-electron chi connectivity index (χ4n) is 1.52. The van der Waals surface area contributed by atoms with Crippen LogP contribution in [0.3, 0.4) is 0 Å². The summed E-state index contributed by atoms with van der Waals surface area (Å²) in [5.74, 6) is -1.03. The molecule has 0 aromatic carbocycles. The topological polar surface area (TPSA) is 59.1 Å². The molecule has 0 fully saturated rings. The van der Waals surface area contributed by atoms with E-state index in [0.29, 0.717) is 23.5 Å². The van der Waals surface area contributed by atoms with Gasteiger partial charge < -0.3 is 5.32 Å². The molecule has 80 valence electrons. The van der Waals surface area contributed by atoms with Crippen molar-refractivity contribution in [3.05, 3.63) is 48.3 Å². The molecule has 0 spiro atoms. The zero-order valence-corrected chi connectivity index (χ0v) is 8.56. The Morgan fingerprint density at radius 2 is 2.25 bits per heavy atom. The van der Waals surface area contributed by atoms with Crippen LogP contribution in [0.25, 0.3) is 5.70 Å². The standard InChI is InChI=1S/C12H10N2O2/c1-2-5-13-9-7-10(15)12(16)8-4-3-6-14-11(8)9/h2-4,6-7,13H,1,5H2. The van der Waals surface area contributed by atoms with Crippen LogP contribution in [0.15, 0.2) is 37.1 Å². The summed E-state index contributed by atoms with van der Waals surface area (Å²) in [5, 5.41) is 2.99. The fraction of sp³-hybridized carbons (Fsp3) is 0.0833. The van der Waals surface area contributed by atoms with Crippen molar-refractivity contribution in [3.63, 3.8) is 0 Å². The maximum absolute atomic E-state index is 11.6. The fourth-order valence-corrected chi connectivity index (χ4v) is 1.52. The molecule has 1 aromatic rings. The van der Waals surface area contributed by atoms with Crippen LogP contribution in [0.4, 0.5) is 0 Å². The highest BCUT2D eigenvalue weighted by molar-refractivity contribution is 6.50. The molecule has 0 radical (unpaired) electrons. The van der Waals surface area contributed by atoms with Gasteiger partial charge in [0.25, 0.3) is 0 Å². The normalized spacial score (nSPS) is 14.1. The number of ketones is 2. The van der Waals surface area contributed by atoms with E-state index in [1.807, 2.05) is 0 Å². The lowest BCUT2D eigenvalue weighted by molar-refractivity contribution is -0.111. The van der Waals surface area contributed by atoms with E-state index in [4.69, 9.17) is 0 Å². The van der Waals surface area contributed by atoms with Gasteiger partial charge in [0.15, 0.2) is 0 Å². The van der Waals surface area contributed by atoms with Crippen LogP contribution in [0, 0.1) is 0 Å². The quantitative estimate of drug-likeness (QED) is 0.601. The highest BCUT2D eigenvalue weighted by atomic mass is 16.2. The van der Waals surface area contributed by atoms with Crippen LogP contribution < -0.4 is 5.32 Å². The highest BCUT2D eigenvalue weighted by Gasteiger charge is 2.25. The number of fused-ring (bicyclic) bond motifs is 1. The predicted molar refractivity (Wildman–Crippen MR) is 59.8 cm³/mol. The first-order chi connectivity index (χ1) is 7.74. The molecule has 16 heavy (non-hydrogen) atoms. The van der Waals surface area contributed by atoms with Crippen molar-refractivity contribution in [1.29, 1.82) is 0 Å². The van der Waals surface area contributed by atoms with Crippen molar-refractivity contribution in [1.82, 2.24) is 10.3 Å². The Kier molecular flexibility index (Phi) is 2.64. The van der Waals surface area contributed by atoms with Crippen LogP contribution in [-0.4, -0.2) is 23.1 Å². The van der Waals surface area contributed by atoms with Gasteiger partial charge in [-0.3, -0.25) is 14.6 Å². The molecule has 1 aromatic heterocycles. The van der Waals surface area contributed by atoms with Crippen molar-refractivity contribution in [2.75, 3.05) is 6.54 Å². The van der Waals surface area contributed by atoms with Gasteiger partial charge in [-0.05, 0) is 12.1 Å². The third kappa shape index (κ3) is 1.65. The van der Waals surface area contributed by atoms with Crippen molar-refractivity contribution >= 4 is 17.3 Å². The molecule has 0 saturated heterocycles. The van der Waals surface area contributed by atoms with Crippen LogP contribution in [0.5, 0.6) is 0 Å². The number of allylic oxidation sites excluding steroid dienone is 1. The van der Waals surface area contributed by atoms with Gasteiger partial charge in [-0.2, -0.15) is 0 Å². The highest BCUT2D eigenvalue weighted by Crippen LogP contribution is 2.20. The third-order valence-corrected chi connectivity index (χ3v) is 2.24. The van der Waals surface area contributed by atoms with Gasteiger partial charge in [0.1, 0.15) is 0 Å². The average Bonchev–Trinajstić information content (AvgIpc) is 2.32. The first-order valence-corrected chi connectivity index (χ1v) is 4.84. The molecule has 1 aliphatic carbocycles. The molecule has 0 bridgehead atoms. The van der Waals surface area contributed by atoms with Crippen LogP contribution >= 0.6 is 0 Å². The van der Waals surface area contributed by atoms with E-state index >= 15 is 0 Å². The Bertz CT molecular complexity index is 503. The van der Waals surface area contributed by atoms with E-state index < -0.39 is 11.6 Å². The van der Waals surface area contributed by atoms with Crippen molar-refractivity contribution in [3.8, 4) is 0 Å². The van der Waals surface area contributed by atoms with Gasteiger partial charge in [0.05, 0.1) is 17.0 Å². The zero-order valence-electron chi connectivity index (χ0n) is 8.56. The minimum absolute atomic E-state index is 0.349. The maximum atomic E-state index is 11.6. The summed E-state index contributed by atoms with van der Waals surface area (Å²) in [6, 6.07) is 3.24. The van der Waals surface area contributed by atoms with Crippen molar-refractivity contribution < 1.29 is 9.59 Å². The molecule has 0 atom stereocenters. The third-order valence-electron chi connectivity index (χ3n) is 2.24. The number of carbonyl (C=O) groups excluding carboxylic acids is 2. The molecule has 4 heteroatoms. The number of carbonyl (C=O) groups is 2. The van der Waals surface area contributed by atoms with Crippen LogP contribution in [0.1, 0.15) is 16.1 Å². The van der Waals surface area contributed by atoms with Gasteiger partial charge in [0, 0.05) is 18.8 Å². The lowest BCUT2D eigenvalue weighted by Gasteiger charge is -2.15. The summed E-state index contributed by atoms with van der Waals surface area (Å²) < 4.78 is 0. The average molecular weight is 214 g/mol. The monoisotopic (exact) mass is 214 g/mol. The minimum atomic E-state index is -0.521. The largest absolute Gasteiger partial charge is 0.380 e. The van der Waals surface area contributed by atoms with E-state index in [0.717, 1.165) is 0 Å². The van der Waals surface area contributed by atoms with Gasteiger partial charge in [-0.15, -0.1) is 6.58 Å². The van der Waals surface area contributed by atoms with E-state index in [1.54, 1.807) is 24.4 Å². The van der Waals surface area contributed by atoms with Gasteiger partial charge >= 0.3 is 0 Å². The Hall–Kier alpha value is -2.23. The molecule has 0 amide bonds. The summed E-state index contributed by atoms with van der Waals surface area (Å²) in [6.45, 7) is 4.09. The molecule has 1 aliphatic rings. The Morgan fingerprint density at radius 3 is 3.00 bits per heavy atom. The second-order valence-electron chi connectivity index (χ2n) is 3.32. The number of pyridine rings is 1. The Labute approximate surface area is 92.7 Å². The number of Topliss-reactive ketones (excluding diaryl/α,β-unsaturated/α-hetero) is 1. The number of aromatic nitrogens is 1. The summed E-state index contributed by atoms with van der Waals surface area (Å²) in [6.07, 6.45) is 4.54. The smallest absolute Gasteiger partial charge is 0.235 e. The lowest BCUT2D eigenvalue weighted by Crippen LogP contribution is -2.25. The Balaban J connectivity index is 2.46. The molecule has 1 heterocycles. The van der Waals surface area contributed by atoms with Crippen molar-refractivity contribution in [2.24, 2.45) is 0 Å². The molecule has 4 nitrogen and oxygen atoms in total. The molecular weight excluding hydrogens is 204 g/mol. The molecule has 2 rings (SSSR count). The second-order valence-corrected chi connectivity index (χ2v) is 3.32. The summed E-state index contributed by atoms with van der Waals surface area (Å²) in [4.78, 5) is 27.1. The van der Waals surface area contributed by atoms with Gasteiger partial charge in [0.2, 0.25) is 11.6 Å². The minimum Gasteiger partial charge on any atom is -0.380 e. The van der Waals surface area contributed by atoms with Crippen molar-refractivity contribution in [2.45, 2.75) is 0 Å². The number of hydrogen-bond acceptors (Lipinski definition) is 4. The Morgan fingerprint density at radius 1 is 1.44 bits per heavy atom. The first kappa shape index (κ1) is 10.3. The number of nitrogens with zero attached hydrogens (tertiary/aromatic N) is 1. The SMILES string of the molecule is C=CCNC1=CC(=O)C(=O)c2cccnc21. The zero-order chi connectivity index (χ0) is 11.5. The van der Waals surface area contributed by atoms with Crippen LogP contribution in [0.2, 0.25) is 0 Å². The number of nitrogens with one attached hydrogen (secondary N) is 1. The second kappa shape index (κ2) is 4.10. The number of hydrogen-bond donors (Lipinski definition) is 1. The predicted octanol–water partition coefficient (Wildman–Crippen LogP) is 0.964. The van der Waals surface area contributed by atoms with E-state index in [2.05, 4.69) is 16.9 Å². The van der Waals surface area contributed by atoms with Gasteiger partial charge in [-0.1, -0.05) is 6.08 Å². The maximum Gasteiger partial charge on any atom is 0.235 e. The molecule has 0 saturated carbocycles. The summed E-state index contributed by atoms with van der Waals surface area (Å²) >= 11 is 0. The molecule has 1 N–H and O–H groups in total. The number of rotatable bonds is 3. The molecular formula is C12H10N2O2. The first-order valence-electron chi connectivity index (χ1n) is 4.84. The summed E-state index contributed by atoms with van der Waals surface area (Å²) in [5.41, 5.74) is 1.44. The van der Waals surface area contributed by atoms with Gasteiger partial charge in [-0.25, -0.2) is 0 Å². The van der Waals surface area contributed by atoms with Crippen LogP contribution in [-0.2, 0) is 4.79 Å².